The van der Waals surface area contributed by atoms with Crippen LogP contribution in [-0.2, 0) is 12.0 Å². The summed E-state index contributed by atoms with van der Waals surface area (Å²) in [5.74, 6) is -0.135. The van der Waals surface area contributed by atoms with Gasteiger partial charge in [0.2, 0.25) is 0 Å². The summed E-state index contributed by atoms with van der Waals surface area (Å²) in [6, 6.07) is 21.5. The van der Waals surface area contributed by atoms with Gasteiger partial charge in [-0.2, -0.15) is 0 Å². The second-order valence-corrected chi connectivity index (χ2v) is 8.11. The summed E-state index contributed by atoms with van der Waals surface area (Å²) in [5, 5.41) is 8.96. The Kier molecular flexibility index (Phi) is 5.55. The van der Waals surface area contributed by atoms with Crippen molar-refractivity contribution in [3.05, 3.63) is 89.0 Å². The molecular weight excluding hydrogens is 348 g/mol. The van der Waals surface area contributed by atoms with Crippen molar-refractivity contribution in [2.75, 3.05) is 0 Å². The minimum Gasteiger partial charge on any atom is -0.489 e. The van der Waals surface area contributed by atoms with Crippen LogP contribution in [0.4, 0.5) is 0 Å². The van der Waals surface area contributed by atoms with Crippen LogP contribution in [0, 0.1) is 6.92 Å². The van der Waals surface area contributed by atoms with Gasteiger partial charge in [0.15, 0.2) is 0 Å². The van der Waals surface area contributed by atoms with Crippen LogP contribution in [0.15, 0.2) is 66.7 Å². The standard InChI is InChI=1S/C25H26O3/c1-17-5-14-22(23(15-17)25(2,3)4)19-10-12-21(13-11-19)28-16-18-6-8-20(9-7-18)24(26)27/h5-15H,16H2,1-4H3,(H,26,27). The zero-order valence-corrected chi connectivity index (χ0v) is 16.8. The van der Waals surface area contributed by atoms with E-state index >= 15 is 0 Å². The number of benzene rings is 3. The number of hydrogen-bond donors (Lipinski definition) is 1. The van der Waals surface area contributed by atoms with Gasteiger partial charge in [-0.05, 0) is 58.9 Å². The molecule has 3 nitrogen and oxygen atoms in total. The van der Waals surface area contributed by atoms with Crippen molar-refractivity contribution in [3.8, 4) is 16.9 Å². The number of aryl methyl sites for hydroxylation is 1. The van der Waals surface area contributed by atoms with Gasteiger partial charge in [-0.1, -0.05) is 68.8 Å². The van der Waals surface area contributed by atoms with Gasteiger partial charge in [-0.25, -0.2) is 4.79 Å². The highest BCUT2D eigenvalue weighted by Gasteiger charge is 2.18. The Morgan fingerprint density at radius 1 is 0.929 bits per heavy atom. The number of hydrogen-bond acceptors (Lipinski definition) is 2. The Morgan fingerprint density at radius 3 is 2.14 bits per heavy atom. The number of carboxylic acids is 1. The molecular formula is C25H26O3. The molecule has 3 aromatic rings. The van der Waals surface area contributed by atoms with Crippen LogP contribution in [0.25, 0.3) is 11.1 Å². The van der Waals surface area contributed by atoms with E-state index in [9.17, 15) is 4.79 Å². The molecule has 3 aromatic carbocycles. The molecule has 0 spiro atoms. The lowest BCUT2D eigenvalue weighted by Crippen LogP contribution is -2.13. The Labute approximate surface area is 166 Å². The number of aromatic carboxylic acids is 1. The summed E-state index contributed by atoms with van der Waals surface area (Å²) >= 11 is 0. The molecule has 0 fully saturated rings. The first-order valence-electron chi connectivity index (χ1n) is 9.40. The average molecular weight is 374 g/mol. The van der Waals surface area contributed by atoms with E-state index in [1.54, 1.807) is 24.3 Å². The van der Waals surface area contributed by atoms with Gasteiger partial charge in [0.25, 0.3) is 0 Å². The minimum atomic E-state index is -0.922. The Hall–Kier alpha value is -3.07. The quantitative estimate of drug-likeness (QED) is 0.575. The molecule has 144 valence electrons. The van der Waals surface area contributed by atoms with Crippen LogP contribution in [-0.4, -0.2) is 11.1 Å². The topological polar surface area (TPSA) is 46.5 Å². The van der Waals surface area contributed by atoms with E-state index < -0.39 is 5.97 Å². The summed E-state index contributed by atoms with van der Waals surface area (Å²) in [7, 11) is 0. The smallest absolute Gasteiger partial charge is 0.335 e. The molecule has 0 radical (unpaired) electrons. The molecule has 0 bridgehead atoms. The normalized spacial score (nSPS) is 11.3. The molecule has 0 aliphatic carbocycles. The van der Waals surface area contributed by atoms with Crippen LogP contribution in [0.2, 0.25) is 0 Å². The Bertz CT molecular complexity index is 962. The molecule has 0 aliphatic rings. The maximum absolute atomic E-state index is 10.9. The van der Waals surface area contributed by atoms with Crippen molar-refractivity contribution in [1.29, 1.82) is 0 Å². The molecule has 1 N–H and O–H groups in total. The SMILES string of the molecule is Cc1ccc(-c2ccc(OCc3ccc(C(=O)O)cc3)cc2)c(C(C)(C)C)c1. The molecule has 0 aliphatic heterocycles. The number of rotatable bonds is 5. The highest BCUT2D eigenvalue weighted by molar-refractivity contribution is 5.87. The second-order valence-electron chi connectivity index (χ2n) is 8.11. The van der Waals surface area contributed by atoms with E-state index in [1.165, 1.54) is 22.3 Å². The zero-order valence-electron chi connectivity index (χ0n) is 16.8. The van der Waals surface area contributed by atoms with E-state index in [0.29, 0.717) is 6.61 Å². The molecule has 3 heteroatoms. The van der Waals surface area contributed by atoms with Crippen LogP contribution in [0.5, 0.6) is 5.75 Å². The van der Waals surface area contributed by atoms with E-state index in [4.69, 9.17) is 9.84 Å². The fraction of sp³-hybridized carbons (Fsp3) is 0.240. The fourth-order valence-corrected chi connectivity index (χ4v) is 3.17. The lowest BCUT2D eigenvalue weighted by atomic mass is 9.81. The van der Waals surface area contributed by atoms with Gasteiger partial charge in [-0.3, -0.25) is 0 Å². The molecule has 0 unspecified atom stereocenters. The van der Waals surface area contributed by atoms with Gasteiger partial charge in [-0.15, -0.1) is 0 Å². The van der Waals surface area contributed by atoms with Gasteiger partial charge in [0.1, 0.15) is 12.4 Å². The molecule has 0 atom stereocenters. The van der Waals surface area contributed by atoms with Crippen molar-refractivity contribution in [2.24, 2.45) is 0 Å². The first-order valence-corrected chi connectivity index (χ1v) is 9.40. The van der Waals surface area contributed by atoms with Crippen LogP contribution in [0.3, 0.4) is 0 Å². The van der Waals surface area contributed by atoms with Crippen LogP contribution < -0.4 is 4.74 Å². The summed E-state index contributed by atoms with van der Waals surface area (Å²) in [4.78, 5) is 10.9. The van der Waals surface area contributed by atoms with Gasteiger partial charge in [0.05, 0.1) is 5.56 Å². The highest BCUT2D eigenvalue weighted by atomic mass is 16.5. The Balaban J connectivity index is 1.75. The van der Waals surface area contributed by atoms with E-state index in [0.717, 1.165) is 11.3 Å². The summed E-state index contributed by atoms with van der Waals surface area (Å²) in [6.45, 7) is 9.23. The van der Waals surface area contributed by atoms with E-state index in [2.05, 4.69) is 58.0 Å². The first-order chi connectivity index (χ1) is 13.2. The third-order valence-electron chi connectivity index (χ3n) is 4.75. The predicted octanol–water partition coefficient (Wildman–Crippen LogP) is 6.24. The molecule has 0 aromatic heterocycles. The third-order valence-corrected chi connectivity index (χ3v) is 4.75. The average Bonchev–Trinajstić information content (AvgIpc) is 2.66. The van der Waals surface area contributed by atoms with Gasteiger partial charge >= 0.3 is 5.97 Å². The van der Waals surface area contributed by atoms with Crippen molar-refractivity contribution in [2.45, 2.75) is 39.7 Å². The molecule has 0 heterocycles. The minimum absolute atomic E-state index is 0.0681. The fourth-order valence-electron chi connectivity index (χ4n) is 3.17. The number of ether oxygens (including phenoxy) is 1. The lowest BCUT2D eigenvalue weighted by molar-refractivity contribution is 0.0697. The van der Waals surface area contributed by atoms with E-state index in [-0.39, 0.29) is 11.0 Å². The molecule has 0 amide bonds. The Morgan fingerprint density at radius 2 is 1.57 bits per heavy atom. The third kappa shape index (κ3) is 4.61. The predicted molar refractivity (Wildman–Crippen MR) is 113 cm³/mol. The van der Waals surface area contributed by atoms with Crippen LogP contribution >= 0.6 is 0 Å². The summed E-state index contributed by atoms with van der Waals surface area (Å²) in [5.41, 5.74) is 6.29. The summed E-state index contributed by atoms with van der Waals surface area (Å²) < 4.78 is 5.85. The highest BCUT2D eigenvalue weighted by Crippen LogP contribution is 2.34. The zero-order chi connectivity index (χ0) is 20.3. The van der Waals surface area contributed by atoms with E-state index in [1.807, 2.05) is 12.1 Å². The molecule has 3 rings (SSSR count). The van der Waals surface area contributed by atoms with Gasteiger partial charge < -0.3 is 9.84 Å². The first kappa shape index (κ1) is 19.7. The molecule has 0 saturated carbocycles. The summed E-state index contributed by atoms with van der Waals surface area (Å²) in [6.07, 6.45) is 0. The second kappa shape index (κ2) is 7.89. The number of carbonyl (C=O) groups is 1. The largest absolute Gasteiger partial charge is 0.489 e. The van der Waals surface area contributed by atoms with Crippen molar-refractivity contribution < 1.29 is 14.6 Å². The van der Waals surface area contributed by atoms with Crippen molar-refractivity contribution in [3.63, 3.8) is 0 Å². The maximum atomic E-state index is 10.9. The maximum Gasteiger partial charge on any atom is 0.335 e. The lowest BCUT2D eigenvalue weighted by Gasteiger charge is -2.24. The molecule has 0 saturated heterocycles. The number of carboxylic acid groups (broad SMARTS) is 1. The monoisotopic (exact) mass is 374 g/mol. The molecule has 28 heavy (non-hydrogen) atoms. The van der Waals surface area contributed by atoms with Crippen molar-refractivity contribution in [1.82, 2.24) is 0 Å². The van der Waals surface area contributed by atoms with Crippen LogP contribution in [0.1, 0.15) is 47.8 Å². The van der Waals surface area contributed by atoms with Crippen molar-refractivity contribution >= 4 is 5.97 Å². The van der Waals surface area contributed by atoms with Gasteiger partial charge in [0, 0.05) is 0 Å².